The molecule has 0 bridgehead atoms. The number of aliphatic hydroxyl groups is 1. The van der Waals surface area contributed by atoms with E-state index in [1.54, 1.807) is 30.3 Å². The van der Waals surface area contributed by atoms with Crippen LogP contribution in [0.1, 0.15) is 24.5 Å². The lowest BCUT2D eigenvalue weighted by Crippen LogP contribution is -2.62. The first kappa shape index (κ1) is 22.3. The molecule has 0 aliphatic carbocycles. The van der Waals surface area contributed by atoms with Gasteiger partial charge in [-0.25, -0.2) is 4.79 Å². The van der Waals surface area contributed by atoms with E-state index in [2.05, 4.69) is 26.6 Å². The molecule has 0 fully saturated rings. The van der Waals surface area contributed by atoms with Crippen LogP contribution in [-0.2, 0) is 16.9 Å². The highest BCUT2D eigenvalue weighted by Gasteiger charge is 2.52. The van der Waals surface area contributed by atoms with Gasteiger partial charge in [-0.2, -0.15) is 0 Å². The van der Waals surface area contributed by atoms with Crippen molar-refractivity contribution in [2.45, 2.75) is 25.5 Å². The van der Waals surface area contributed by atoms with E-state index in [1.807, 2.05) is 38.1 Å². The molecule has 2 aromatic rings. The molecule has 0 saturated heterocycles. The summed E-state index contributed by atoms with van der Waals surface area (Å²) in [5.74, 6) is -0.643. The third-order valence-electron chi connectivity index (χ3n) is 5.11. The average molecular weight is 475 g/mol. The van der Waals surface area contributed by atoms with Crippen LogP contribution in [0.15, 0.2) is 46.9 Å². The normalized spacial score (nSPS) is 18.2. The molecule has 30 heavy (non-hydrogen) atoms. The quantitative estimate of drug-likeness (QED) is 0.537. The molecule has 3 amide bonds. The van der Waals surface area contributed by atoms with E-state index in [-0.39, 0.29) is 0 Å². The Balaban J connectivity index is 2.02. The third kappa shape index (κ3) is 4.35. The Kier molecular flexibility index (Phi) is 6.80. The van der Waals surface area contributed by atoms with E-state index in [0.29, 0.717) is 28.0 Å². The van der Waals surface area contributed by atoms with Crippen LogP contribution in [0.25, 0.3) is 0 Å². The number of amides is 3. The number of benzene rings is 2. The lowest BCUT2D eigenvalue weighted by molar-refractivity contribution is -0.140. The summed E-state index contributed by atoms with van der Waals surface area (Å²) in [5.41, 5.74) is 0.0433. The number of anilines is 2. The van der Waals surface area contributed by atoms with Crippen molar-refractivity contribution in [1.29, 1.82) is 0 Å². The van der Waals surface area contributed by atoms with Crippen LogP contribution in [0.4, 0.5) is 16.2 Å². The van der Waals surface area contributed by atoms with Gasteiger partial charge in [0.15, 0.2) is 0 Å². The molecule has 3 N–H and O–H groups in total. The van der Waals surface area contributed by atoms with Crippen molar-refractivity contribution < 1.29 is 14.7 Å². The van der Waals surface area contributed by atoms with Gasteiger partial charge in [0.25, 0.3) is 11.6 Å². The first-order chi connectivity index (χ1) is 14.3. The molecule has 1 unspecified atom stereocenters. The molecule has 1 atom stereocenters. The number of carbonyl (C=O) groups is 2. The predicted octanol–water partition coefficient (Wildman–Crippen LogP) is 3.28. The summed E-state index contributed by atoms with van der Waals surface area (Å²) < 4.78 is 0.692. The van der Waals surface area contributed by atoms with Crippen LogP contribution in [0.2, 0.25) is 0 Å². The number of nitrogens with zero attached hydrogens (tertiary/aromatic N) is 2. The molecule has 1 aliphatic rings. The number of hydrogen-bond acceptors (Lipinski definition) is 4. The van der Waals surface area contributed by atoms with Crippen LogP contribution >= 0.6 is 15.9 Å². The summed E-state index contributed by atoms with van der Waals surface area (Å²) in [6, 6.07) is 11.8. The zero-order valence-electron chi connectivity index (χ0n) is 17.4. The summed E-state index contributed by atoms with van der Waals surface area (Å²) in [5, 5.41) is 17.3. The SMILES string of the molecule is CCc1ccc(N2C(=O)Nc3ccc(Br)cc3C2(O)C(=O)NCCCN(C)C)cc1. The first-order valence-electron chi connectivity index (χ1n) is 9.93. The van der Waals surface area contributed by atoms with Gasteiger partial charge in [0, 0.05) is 22.3 Å². The van der Waals surface area contributed by atoms with Crippen molar-refractivity contribution in [2.24, 2.45) is 0 Å². The van der Waals surface area contributed by atoms with E-state index < -0.39 is 17.7 Å². The van der Waals surface area contributed by atoms with Gasteiger partial charge in [-0.1, -0.05) is 35.0 Å². The Labute approximate surface area is 185 Å². The highest BCUT2D eigenvalue weighted by molar-refractivity contribution is 9.10. The molecule has 0 spiro atoms. The van der Waals surface area contributed by atoms with E-state index in [4.69, 9.17) is 0 Å². The van der Waals surface area contributed by atoms with E-state index in [9.17, 15) is 14.7 Å². The van der Waals surface area contributed by atoms with E-state index in [0.717, 1.165) is 29.8 Å². The van der Waals surface area contributed by atoms with Crippen LogP contribution in [0, 0.1) is 0 Å². The Bertz CT molecular complexity index is 932. The van der Waals surface area contributed by atoms with Gasteiger partial charge in [-0.3, -0.25) is 9.69 Å². The molecule has 160 valence electrons. The third-order valence-corrected chi connectivity index (χ3v) is 5.61. The van der Waals surface area contributed by atoms with Crippen LogP contribution in [0.5, 0.6) is 0 Å². The highest BCUT2D eigenvalue weighted by Crippen LogP contribution is 2.41. The lowest BCUT2D eigenvalue weighted by Gasteiger charge is -2.42. The predicted molar refractivity (Wildman–Crippen MR) is 122 cm³/mol. The number of fused-ring (bicyclic) bond motifs is 1. The Morgan fingerprint density at radius 3 is 2.57 bits per heavy atom. The topological polar surface area (TPSA) is 84.9 Å². The molecule has 3 rings (SSSR count). The fourth-order valence-corrected chi connectivity index (χ4v) is 3.84. The number of rotatable bonds is 7. The largest absolute Gasteiger partial charge is 0.359 e. The maximum Gasteiger partial charge on any atom is 0.329 e. The number of aryl methyl sites for hydroxylation is 1. The summed E-state index contributed by atoms with van der Waals surface area (Å²) >= 11 is 3.40. The number of halogens is 1. The minimum atomic E-state index is -2.19. The molecule has 1 heterocycles. The van der Waals surface area contributed by atoms with Gasteiger partial charge < -0.3 is 20.6 Å². The van der Waals surface area contributed by atoms with Crippen molar-refractivity contribution in [3.05, 3.63) is 58.1 Å². The summed E-state index contributed by atoms with van der Waals surface area (Å²) in [4.78, 5) is 29.4. The smallest absolute Gasteiger partial charge is 0.329 e. The average Bonchev–Trinajstić information content (AvgIpc) is 2.72. The zero-order chi connectivity index (χ0) is 21.9. The maximum atomic E-state index is 13.3. The summed E-state index contributed by atoms with van der Waals surface area (Å²) in [6.45, 7) is 3.21. The minimum absolute atomic E-state index is 0.307. The Morgan fingerprint density at radius 1 is 1.23 bits per heavy atom. The van der Waals surface area contributed by atoms with Crippen molar-refractivity contribution in [2.75, 3.05) is 37.4 Å². The van der Waals surface area contributed by atoms with Gasteiger partial charge in [0.2, 0.25) is 0 Å². The number of hydrogen-bond donors (Lipinski definition) is 3. The Hall–Kier alpha value is -2.42. The molecule has 0 radical (unpaired) electrons. The number of urea groups is 1. The molecule has 1 aliphatic heterocycles. The molecule has 0 saturated carbocycles. The summed E-state index contributed by atoms with van der Waals surface area (Å²) in [7, 11) is 3.91. The highest BCUT2D eigenvalue weighted by atomic mass is 79.9. The number of carbonyl (C=O) groups excluding carboxylic acids is 2. The summed E-state index contributed by atoms with van der Waals surface area (Å²) in [6.07, 6.45) is 1.57. The standard InChI is InChI=1S/C22H27BrN4O3/c1-4-15-6-9-17(10-7-15)27-21(29)25-19-11-8-16(23)14-18(19)22(27,30)20(28)24-12-5-13-26(2)3/h6-11,14,30H,4-5,12-13H2,1-3H3,(H,24,28)(H,25,29). The second-order valence-electron chi connectivity index (χ2n) is 7.56. The number of nitrogens with one attached hydrogen (secondary N) is 2. The zero-order valence-corrected chi connectivity index (χ0v) is 19.0. The second kappa shape index (κ2) is 9.16. The molecular formula is C22H27BrN4O3. The molecule has 8 heteroatoms. The van der Waals surface area contributed by atoms with Gasteiger partial charge in [0.1, 0.15) is 0 Å². The maximum absolute atomic E-state index is 13.3. The van der Waals surface area contributed by atoms with Crippen LogP contribution in [-0.4, -0.2) is 49.1 Å². The fourth-order valence-electron chi connectivity index (χ4n) is 3.48. The van der Waals surface area contributed by atoms with Gasteiger partial charge in [-0.15, -0.1) is 0 Å². The van der Waals surface area contributed by atoms with Gasteiger partial charge >= 0.3 is 6.03 Å². The van der Waals surface area contributed by atoms with Crippen molar-refractivity contribution in [1.82, 2.24) is 10.2 Å². The fraction of sp³-hybridized carbons (Fsp3) is 0.364. The second-order valence-corrected chi connectivity index (χ2v) is 8.48. The molecule has 0 aromatic heterocycles. The van der Waals surface area contributed by atoms with Gasteiger partial charge in [0.05, 0.1) is 5.69 Å². The lowest BCUT2D eigenvalue weighted by atomic mass is 9.94. The van der Waals surface area contributed by atoms with Crippen molar-refractivity contribution >= 4 is 39.2 Å². The minimum Gasteiger partial charge on any atom is -0.359 e. The molecule has 7 nitrogen and oxygen atoms in total. The van der Waals surface area contributed by atoms with E-state index >= 15 is 0 Å². The van der Waals surface area contributed by atoms with Crippen molar-refractivity contribution in [3.63, 3.8) is 0 Å². The first-order valence-corrected chi connectivity index (χ1v) is 10.7. The monoisotopic (exact) mass is 474 g/mol. The molecular weight excluding hydrogens is 448 g/mol. The Morgan fingerprint density at radius 2 is 1.93 bits per heavy atom. The van der Waals surface area contributed by atoms with Crippen molar-refractivity contribution in [3.8, 4) is 0 Å². The van der Waals surface area contributed by atoms with Crippen LogP contribution in [0.3, 0.4) is 0 Å². The molecule has 2 aromatic carbocycles. The van der Waals surface area contributed by atoms with Gasteiger partial charge in [-0.05, 0) is 69.4 Å². The van der Waals surface area contributed by atoms with E-state index in [1.165, 1.54) is 0 Å². The van der Waals surface area contributed by atoms with Crippen LogP contribution < -0.4 is 15.5 Å².